The molecule has 0 fully saturated rings. The van der Waals surface area contributed by atoms with Crippen LogP contribution in [0.5, 0.6) is 11.5 Å². The Bertz CT molecular complexity index is 1690. The van der Waals surface area contributed by atoms with E-state index in [1.807, 2.05) is 24.3 Å². The molecular formula is C38H46O7S2. The number of aromatic hydroxyl groups is 1. The van der Waals surface area contributed by atoms with Gasteiger partial charge in [0.2, 0.25) is 0 Å². The van der Waals surface area contributed by atoms with Gasteiger partial charge in [-0.1, -0.05) is 101 Å². The molecule has 0 aromatic heterocycles. The summed E-state index contributed by atoms with van der Waals surface area (Å²) < 4.78 is 41.1. The van der Waals surface area contributed by atoms with Crippen LogP contribution in [-0.4, -0.2) is 41.0 Å². The van der Waals surface area contributed by atoms with Gasteiger partial charge < -0.3 is 20.1 Å². The van der Waals surface area contributed by atoms with E-state index < -0.39 is 22.3 Å². The number of hydrogen-bond acceptors (Lipinski definition) is 7. The van der Waals surface area contributed by atoms with Crippen molar-refractivity contribution in [2.45, 2.75) is 98.5 Å². The summed E-state index contributed by atoms with van der Waals surface area (Å²) in [5.41, 5.74) is 2.56. The number of rotatable bonds is 18. The first-order chi connectivity index (χ1) is 22.6. The Balaban J connectivity index is 1.57. The molecule has 0 aliphatic heterocycles. The van der Waals surface area contributed by atoms with Crippen molar-refractivity contribution in [3.05, 3.63) is 102 Å². The van der Waals surface area contributed by atoms with Crippen molar-refractivity contribution < 1.29 is 33.0 Å². The molecule has 47 heavy (non-hydrogen) atoms. The van der Waals surface area contributed by atoms with E-state index in [0.29, 0.717) is 41.0 Å². The van der Waals surface area contributed by atoms with Gasteiger partial charge in [0.05, 0.1) is 12.7 Å². The number of aliphatic hydroxyl groups is 2. The number of phenols is 1. The first kappa shape index (κ1) is 36.5. The van der Waals surface area contributed by atoms with E-state index >= 15 is 0 Å². The molecule has 9 heteroatoms. The van der Waals surface area contributed by atoms with Gasteiger partial charge in [-0.15, -0.1) is 0 Å². The molecule has 0 heterocycles. The highest BCUT2D eigenvalue weighted by atomic mass is 32.2. The van der Waals surface area contributed by atoms with Crippen LogP contribution in [0.2, 0.25) is 0 Å². The average molecular weight is 679 g/mol. The van der Waals surface area contributed by atoms with E-state index in [0.717, 1.165) is 48.3 Å². The van der Waals surface area contributed by atoms with Crippen LogP contribution in [0.3, 0.4) is 0 Å². The molecule has 2 unspecified atom stereocenters. The Labute approximate surface area is 283 Å². The Morgan fingerprint density at radius 3 is 2.23 bits per heavy atom. The van der Waals surface area contributed by atoms with Crippen LogP contribution in [0, 0.1) is 0 Å². The van der Waals surface area contributed by atoms with Gasteiger partial charge in [0.15, 0.2) is 0 Å². The van der Waals surface area contributed by atoms with Gasteiger partial charge in [0, 0.05) is 15.4 Å². The third-order valence-corrected chi connectivity index (χ3v) is 10.2. The van der Waals surface area contributed by atoms with Gasteiger partial charge in [0.1, 0.15) is 22.5 Å². The molecule has 0 spiro atoms. The van der Waals surface area contributed by atoms with Crippen LogP contribution >= 0.6 is 11.8 Å². The second-order valence-electron chi connectivity index (χ2n) is 11.9. The molecule has 4 aromatic rings. The minimum atomic E-state index is -4.60. The smallest absolute Gasteiger partial charge is 0.295 e. The number of hydrogen-bond donors (Lipinski definition) is 4. The molecule has 0 saturated carbocycles. The molecule has 0 saturated heterocycles. The molecule has 0 bridgehead atoms. The van der Waals surface area contributed by atoms with Crippen molar-refractivity contribution in [3.8, 4) is 22.6 Å². The standard InChI is InChI=1S/C38H46O7S2/c1-3-5-7-8-9-12-29(39)24-27-15-21-35(40)34(25-27)38(41)33-14-11-10-13-32(33)28-16-22-36(37(26-28)47(42,43)44)46-31-19-17-30(18-20-31)45-23-6-4-2/h10-11,13-22,25-26,29,38-41H,3-9,12,23-24H2,1-2H3,(H,42,43,44). The zero-order valence-electron chi connectivity index (χ0n) is 27.1. The highest BCUT2D eigenvalue weighted by Crippen LogP contribution is 2.40. The summed E-state index contributed by atoms with van der Waals surface area (Å²) in [4.78, 5) is 0.877. The molecule has 0 aliphatic rings. The number of benzene rings is 4. The van der Waals surface area contributed by atoms with Gasteiger partial charge in [-0.2, -0.15) is 8.42 Å². The molecular weight excluding hydrogens is 633 g/mol. The number of ether oxygens (including phenoxy) is 1. The summed E-state index contributed by atoms with van der Waals surface area (Å²) in [7, 11) is -4.60. The molecule has 4 aromatic carbocycles. The maximum absolute atomic E-state index is 12.6. The third-order valence-electron chi connectivity index (χ3n) is 8.10. The number of unbranched alkanes of at least 4 members (excludes halogenated alkanes) is 5. The lowest BCUT2D eigenvalue weighted by Crippen LogP contribution is -2.11. The monoisotopic (exact) mass is 678 g/mol. The van der Waals surface area contributed by atoms with Gasteiger partial charge in [-0.05, 0) is 90.0 Å². The highest BCUT2D eigenvalue weighted by Gasteiger charge is 2.23. The second kappa shape index (κ2) is 17.7. The summed E-state index contributed by atoms with van der Waals surface area (Å²) in [6.07, 6.45) is 6.88. The molecule has 2 atom stereocenters. The fourth-order valence-electron chi connectivity index (χ4n) is 5.50. The molecule has 4 rings (SSSR count). The van der Waals surface area contributed by atoms with E-state index in [1.165, 1.54) is 36.7 Å². The predicted octanol–water partition coefficient (Wildman–Crippen LogP) is 8.98. The lowest BCUT2D eigenvalue weighted by atomic mass is 9.91. The summed E-state index contributed by atoms with van der Waals surface area (Å²) in [6.45, 7) is 4.89. The minimum absolute atomic E-state index is 0.0859. The number of phenolic OH excluding ortho intramolecular Hbond substituents is 1. The lowest BCUT2D eigenvalue weighted by molar-refractivity contribution is 0.160. The Morgan fingerprint density at radius 1 is 0.787 bits per heavy atom. The summed E-state index contributed by atoms with van der Waals surface area (Å²) in [5.74, 6) is 0.645. The van der Waals surface area contributed by atoms with Gasteiger partial charge in [-0.25, -0.2) is 0 Å². The second-order valence-corrected chi connectivity index (χ2v) is 14.4. The quantitative estimate of drug-likeness (QED) is 0.0607. The molecule has 0 amide bonds. The SMILES string of the molecule is CCCCCCCC(O)Cc1ccc(O)c(C(O)c2ccccc2-c2ccc(Sc3ccc(OCCCC)cc3)c(S(=O)(=O)O)c2)c1. The van der Waals surface area contributed by atoms with E-state index in [2.05, 4.69) is 13.8 Å². The molecule has 0 aliphatic carbocycles. The highest BCUT2D eigenvalue weighted by molar-refractivity contribution is 8.00. The fourth-order valence-corrected chi connectivity index (χ4v) is 7.36. The molecule has 4 N–H and O–H groups in total. The topological polar surface area (TPSA) is 124 Å². The maximum Gasteiger partial charge on any atom is 0.295 e. The van der Waals surface area contributed by atoms with Crippen LogP contribution in [0.4, 0.5) is 0 Å². The van der Waals surface area contributed by atoms with Crippen LogP contribution in [-0.2, 0) is 16.5 Å². The summed E-state index contributed by atoms with van der Waals surface area (Å²) >= 11 is 1.21. The lowest BCUT2D eigenvalue weighted by Gasteiger charge is -2.19. The van der Waals surface area contributed by atoms with E-state index in [4.69, 9.17) is 4.74 Å². The van der Waals surface area contributed by atoms with Crippen molar-refractivity contribution in [1.82, 2.24) is 0 Å². The Morgan fingerprint density at radius 2 is 1.51 bits per heavy atom. The van der Waals surface area contributed by atoms with Crippen LogP contribution in [0.1, 0.15) is 88.0 Å². The Hall–Kier alpha value is -3.34. The maximum atomic E-state index is 12.6. The van der Waals surface area contributed by atoms with Crippen LogP contribution in [0.15, 0.2) is 99.6 Å². The van der Waals surface area contributed by atoms with Gasteiger partial charge in [0.25, 0.3) is 10.1 Å². The number of aliphatic hydroxyl groups excluding tert-OH is 2. The van der Waals surface area contributed by atoms with E-state index in [1.54, 1.807) is 48.5 Å². The van der Waals surface area contributed by atoms with Crippen molar-refractivity contribution in [2.24, 2.45) is 0 Å². The van der Waals surface area contributed by atoms with Crippen molar-refractivity contribution in [1.29, 1.82) is 0 Å². The van der Waals surface area contributed by atoms with Gasteiger partial charge >= 0.3 is 0 Å². The van der Waals surface area contributed by atoms with E-state index in [-0.39, 0.29) is 16.2 Å². The molecule has 252 valence electrons. The normalized spacial score (nSPS) is 13.0. The first-order valence-electron chi connectivity index (χ1n) is 16.4. The van der Waals surface area contributed by atoms with Gasteiger partial charge in [-0.3, -0.25) is 4.55 Å². The van der Waals surface area contributed by atoms with Crippen molar-refractivity contribution in [3.63, 3.8) is 0 Å². The summed E-state index contributed by atoms with van der Waals surface area (Å²) in [5, 5.41) is 32.9. The van der Waals surface area contributed by atoms with Crippen LogP contribution in [0.25, 0.3) is 11.1 Å². The average Bonchev–Trinajstić information content (AvgIpc) is 3.06. The molecule has 0 radical (unpaired) electrons. The predicted molar refractivity (Wildman–Crippen MR) is 188 cm³/mol. The zero-order valence-corrected chi connectivity index (χ0v) is 28.8. The minimum Gasteiger partial charge on any atom is -0.508 e. The Kier molecular flexibility index (Phi) is 13.8. The van der Waals surface area contributed by atoms with Crippen LogP contribution < -0.4 is 4.74 Å². The third kappa shape index (κ3) is 10.6. The largest absolute Gasteiger partial charge is 0.508 e. The molecule has 7 nitrogen and oxygen atoms in total. The van der Waals surface area contributed by atoms with Crippen molar-refractivity contribution in [2.75, 3.05) is 6.61 Å². The fraction of sp³-hybridized carbons (Fsp3) is 0.368. The van der Waals surface area contributed by atoms with Crippen molar-refractivity contribution >= 4 is 21.9 Å². The summed E-state index contributed by atoms with van der Waals surface area (Å²) in [6, 6.07) is 24.1. The zero-order chi connectivity index (χ0) is 33.8. The van der Waals surface area contributed by atoms with E-state index in [9.17, 15) is 28.3 Å². The first-order valence-corrected chi connectivity index (χ1v) is 18.7.